The van der Waals surface area contributed by atoms with Gasteiger partial charge in [0.05, 0.1) is 0 Å². The van der Waals surface area contributed by atoms with Gasteiger partial charge in [-0.05, 0) is 33.2 Å². The van der Waals surface area contributed by atoms with Crippen molar-refractivity contribution in [2.24, 2.45) is 0 Å². The van der Waals surface area contributed by atoms with Gasteiger partial charge in [0.15, 0.2) is 5.13 Å². The molecule has 1 fully saturated rings. The van der Waals surface area contributed by atoms with E-state index in [1.54, 1.807) is 0 Å². The molecule has 1 N–H and O–H groups in total. The van der Waals surface area contributed by atoms with E-state index in [-0.39, 0.29) is 0 Å². The van der Waals surface area contributed by atoms with Crippen molar-refractivity contribution in [2.45, 2.75) is 58.5 Å². The van der Waals surface area contributed by atoms with Crippen molar-refractivity contribution in [3.05, 3.63) is 11.1 Å². The van der Waals surface area contributed by atoms with Crippen LogP contribution >= 0.6 is 11.3 Å². The zero-order valence-electron chi connectivity index (χ0n) is 11.8. The Bertz CT molecular complexity index is 364. The first-order valence-electron chi connectivity index (χ1n) is 7.18. The van der Waals surface area contributed by atoms with Crippen LogP contribution in [0, 0.1) is 0 Å². The average molecular weight is 267 g/mol. The summed E-state index contributed by atoms with van der Waals surface area (Å²) in [7, 11) is 0. The van der Waals surface area contributed by atoms with Gasteiger partial charge in [-0.1, -0.05) is 19.8 Å². The predicted octanol–water partition coefficient (Wildman–Crippen LogP) is 3.58. The Kier molecular flexibility index (Phi) is 5.01. The minimum absolute atomic E-state index is 0.420. The van der Waals surface area contributed by atoms with Gasteiger partial charge in [0.25, 0.3) is 0 Å². The number of nitrogens with zero attached hydrogens (tertiary/aromatic N) is 2. The van der Waals surface area contributed by atoms with Crippen LogP contribution < -0.4 is 10.2 Å². The molecule has 1 aliphatic rings. The molecule has 0 aromatic carbocycles. The van der Waals surface area contributed by atoms with Crippen molar-refractivity contribution < 1.29 is 0 Å². The Morgan fingerprint density at radius 2 is 2.33 bits per heavy atom. The highest BCUT2D eigenvalue weighted by atomic mass is 32.1. The van der Waals surface area contributed by atoms with Crippen molar-refractivity contribution in [1.82, 2.24) is 10.3 Å². The second kappa shape index (κ2) is 6.53. The quantitative estimate of drug-likeness (QED) is 0.903. The second-order valence-electron chi connectivity index (χ2n) is 5.22. The second-order valence-corrected chi connectivity index (χ2v) is 6.26. The van der Waals surface area contributed by atoms with Crippen molar-refractivity contribution in [3.8, 4) is 0 Å². The molecular weight excluding hydrogens is 242 g/mol. The lowest BCUT2D eigenvalue weighted by Gasteiger charge is -2.26. The maximum Gasteiger partial charge on any atom is 0.185 e. The fraction of sp³-hybridized carbons (Fsp3) is 0.786. The first kappa shape index (κ1) is 13.8. The Morgan fingerprint density at radius 3 is 3.11 bits per heavy atom. The summed E-state index contributed by atoms with van der Waals surface area (Å²) in [6.45, 7) is 8.88. The van der Waals surface area contributed by atoms with Crippen LogP contribution in [0.3, 0.4) is 0 Å². The molecule has 2 heterocycles. The van der Waals surface area contributed by atoms with Crippen LogP contribution in [0.1, 0.15) is 57.4 Å². The summed E-state index contributed by atoms with van der Waals surface area (Å²) in [5, 5.41) is 4.67. The maximum atomic E-state index is 4.64. The number of hydrogen-bond acceptors (Lipinski definition) is 4. The Balaban J connectivity index is 2.08. The van der Waals surface area contributed by atoms with Crippen LogP contribution in [-0.4, -0.2) is 24.1 Å². The molecule has 0 aliphatic carbocycles. The van der Waals surface area contributed by atoms with Crippen molar-refractivity contribution in [2.75, 3.05) is 18.0 Å². The minimum atomic E-state index is 0.420. The van der Waals surface area contributed by atoms with Gasteiger partial charge in [-0.3, -0.25) is 0 Å². The Hall–Kier alpha value is -0.610. The molecule has 4 heteroatoms. The van der Waals surface area contributed by atoms with Crippen molar-refractivity contribution in [1.29, 1.82) is 0 Å². The summed E-state index contributed by atoms with van der Waals surface area (Å²) in [5.41, 5.74) is 0. The van der Waals surface area contributed by atoms with Crippen LogP contribution in [-0.2, 0) is 0 Å². The molecule has 0 bridgehead atoms. The van der Waals surface area contributed by atoms with E-state index in [4.69, 9.17) is 0 Å². The van der Waals surface area contributed by atoms with E-state index in [0.29, 0.717) is 12.1 Å². The van der Waals surface area contributed by atoms with E-state index in [1.165, 1.54) is 42.2 Å². The molecule has 2 atom stereocenters. The molecule has 0 spiro atoms. The van der Waals surface area contributed by atoms with Crippen LogP contribution in [0.5, 0.6) is 0 Å². The predicted molar refractivity (Wildman–Crippen MR) is 79.5 cm³/mol. The first-order valence-corrected chi connectivity index (χ1v) is 7.99. The van der Waals surface area contributed by atoms with Gasteiger partial charge in [0.1, 0.15) is 0 Å². The van der Waals surface area contributed by atoms with E-state index in [2.05, 4.69) is 36.0 Å². The number of nitrogens with one attached hydrogen (secondary N) is 1. The number of hydrogen-bond donors (Lipinski definition) is 1. The summed E-state index contributed by atoms with van der Waals surface area (Å²) in [6, 6.07) is 1.06. The summed E-state index contributed by atoms with van der Waals surface area (Å²) < 4.78 is 0. The highest BCUT2D eigenvalue weighted by Gasteiger charge is 2.20. The van der Waals surface area contributed by atoms with Gasteiger partial charge >= 0.3 is 0 Å². The monoisotopic (exact) mass is 267 g/mol. The molecule has 3 nitrogen and oxygen atoms in total. The van der Waals surface area contributed by atoms with E-state index in [0.717, 1.165) is 6.54 Å². The molecule has 18 heavy (non-hydrogen) atoms. The topological polar surface area (TPSA) is 28.2 Å². The lowest BCUT2D eigenvalue weighted by atomic mass is 10.1. The number of anilines is 1. The highest BCUT2D eigenvalue weighted by molar-refractivity contribution is 7.15. The molecule has 2 unspecified atom stereocenters. The van der Waals surface area contributed by atoms with E-state index in [1.807, 2.05) is 17.5 Å². The summed E-state index contributed by atoms with van der Waals surface area (Å²) in [5.74, 6) is 0. The highest BCUT2D eigenvalue weighted by Crippen LogP contribution is 2.30. The third kappa shape index (κ3) is 3.23. The van der Waals surface area contributed by atoms with Gasteiger partial charge in [0, 0.05) is 29.7 Å². The standard InChI is InChI=1S/C14H25N3S/c1-4-15-12(3)13-10-16-14(18-13)17-9-7-5-6-8-11(17)2/h10-12,15H,4-9H2,1-3H3. The van der Waals surface area contributed by atoms with E-state index >= 15 is 0 Å². The third-order valence-electron chi connectivity index (χ3n) is 3.75. The largest absolute Gasteiger partial charge is 0.345 e. The molecule has 1 aromatic rings. The number of rotatable bonds is 4. The third-order valence-corrected chi connectivity index (χ3v) is 4.96. The van der Waals surface area contributed by atoms with Gasteiger partial charge in [-0.2, -0.15) is 0 Å². The first-order chi connectivity index (χ1) is 8.72. The molecule has 1 saturated heterocycles. The van der Waals surface area contributed by atoms with E-state index < -0.39 is 0 Å². The number of thiazole rings is 1. The van der Waals surface area contributed by atoms with Crippen LogP contribution in [0.15, 0.2) is 6.20 Å². The Labute approximate surface area is 115 Å². The maximum absolute atomic E-state index is 4.64. The zero-order chi connectivity index (χ0) is 13.0. The SMILES string of the molecule is CCNC(C)c1cnc(N2CCCCCC2C)s1. The van der Waals surface area contributed by atoms with Gasteiger partial charge < -0.3 is 10.2 Å². The van der Waals surface area contributed by atoms with Crippen LogP contribution in [0.2, 0.25) is 0 Å². The lowest BCUT2D eigenvalue weighted by Crippen LogP contribution is -2.32. The summed E-state index contributed by atoms with van der Waals surface area (Å²) in [4.78, 5) is 8.49. The lowest BCUT2D eigenvalue weighted by molar-refractivity contribution is 0.606. The molecule has 1 aliphatic heterocycles. The van der Waals surface area contributed by atoms with E-state index in [9.17, 15) is 0 Å². The van der Waals surface area contributed by atoms with Gasteiger partial charge in [-0.15, -0.1) is 11.3 Å². The van der Waals surface area contributed by atoms with Crippen molar-refractivity contribution >= 4 is 16.5 Å². The van der Waals surface area contributed by atoms with Crippen LogP contribution in [0.4, 0.5) is 5.13 Å². The summed E-state index contributed by atoms with van der Waals surface area (Å²) in [6.07, 6.45) is 7.39. The summed E-state index contributed by atoms with van der Waals surface area (Å²) >= 11 is 1.85. The molecule has 102 valence electrons. The van der Waals surface area contributed by atoms with Crippen LogP contribution in [0.25, 0.3) is 0 Å². The molecule has 1 aromatic heterocycles. The smallest absolute Gasteiger partial charge is 0.185 e. The molecule has 0 amide bonds. The van der Waals surface area contributed by atoms with Gasteiger partial charge in [-0.25, -0.2) is 4.98 Å². The number of aromatic nitrogens is 1. The average Bonchev–Trinajstić information content (AvgIpc) is 2.74. The fourth-order valence-corrected chi connectivity index (χ4v) is 3.65. The van der Waals surface area contributed by atoms with Crippen molar-refractivity contribution in [3.63, 3.8) is 0 Å². The zero-order valence-corrected chi connectivity index (χ0v) is 12.6. The Morgan fingerprint density at radius 1 is 1.50 bits per heavy atom. The van der Waals surface area contributed by atoms with Gasteiger partial charge in [0.2, 0.25) is 0 Å². The molecule has 0 radical (unpaired) electrons. The normalized spacial score (nSPS) is 22.8. The fourth-order valence-electron chi connectivity index (χ4n) is 2.58. The molecule has 2 rings (SSSR count). The molecule has 0 saturated carbocycles. The minimum Gasteiger partial charge on any atom is -0.345 e. The molecular formula is C14H25N3S.